The van der Waals surface area contributed by atoms with Crippen molar-refractivity contribution in [3.8, 4) is 0 Å². The van der Waals surface area contributed by atoms with Crippen LogP contribution in [0.1, 0.15) is 33.6 Å². The third-order valence-corrected chi connectivity index (χ3v) is 2.91. The fraction of sp³-hybridized carbons (Fsp3) is 0.818. The van der Waals surface area contributed by atoms with E-state index in [0.29, 0.717) is 4.90 Å². The molecule has 104 valence electrons. The van der Waals surface area contributed by atoms with Gasteiger partial charge in [0.05, 0.1) is 6.54 Å². The van der Waals surface area contributed by atoms with E-state index in [1.165, 1.54) is 0 Å². The number of carbonyl (C=O) groups is 2. The Labute approximate surface area is 103 Å². The van der Waals surface area contributed by atoms with Crippen LogP contribution in [0.3, 0.4) is 0 Å². The van der Waals surface area contributed by atoms with Gasteiger partial charge in [-0.05, 0) is 11.8 Å². The second-order valence-corrected chi connectivity index (χ2v) is 5.98. The Morgan fingerprint density at radius 2 is 1.78 bits per heavy atom. The lowest BCUT2D eigenvalue weighted by atomic mass is 9.78. The van der Waals surface area contributed by atoms with Crippen molar-refractivity contribution in [3.05, 3.63) is 0 Å². The number of likely N-dealkylation sites (tertiary alicyclic amines) is 1. The van der Waals surface area contributed by atoms with Gasteiger partial charge < -0.3 is 10.2 Å². The molecule has 0 aromatic heterocycles. The van der Waals surface area contributed by atoms with Gasteiger partial charge in [0.1, 0.15) is 5.54 Å². The van der Waals surface area contributed by atoms with Crippen LogP contribution in [-0.4, -0.2) is 45.2 Å². The fourth-order valence-electron chi connectivity index (χ4n) is 2.51. The minimum atomic E-state index is -3.30. The van der Waals surface area contributed by atoms with Gasteiger partial charge >= 0.3 is 12.1 Å². The molecule has 0 bridgehead atoms. The normalized spacial score (nSPS) is 27.3. The summed E-state index contributed by atoms with van der Waals surface area (Å²) in [7, 11) is 0. The lowest BCUT2D eigenvalue weighted by Crippen LogP contribution is -2.54. The van der Waals surface area contributed by atoms with Crippen LogP contribution in [0.4, 0.5) is 13.6 Å². The average molecular weight is 265 g/mol. The van der Waals surface area contributed by atoms with E-state index in [-0.39, 0.29) is 6.42 Å². The molecule has 1 fully saturated rings. The standard InChI is InChI=1S/C11H17F2NO4/c1-9(2,3)4-10(7(15)16)5-11(12,13)6-14(10)8(17)18/h4-6H2,1-3H3,(H,15,16)(H,17,18)/t10-/m0/s1. The molecular weight excluding hydrogens is 248 g/mol. The number of aliphatic carboxylic acids is 1. The van der Waals surface area contributed by atoms with Gasteiger partial charge in [-0.3, -0.25) is 4.90 Å². The summed E-state index contributed by atoms with van der Waals surface area (Å²) in [6.45, 7) is 4.00. The first-order valence-corrected chi connectivity index (χ1v) is 5.51. The van der Waals surface area contributed by atoms with Crippen LogP contribution >= 0.6 is 0 Å². The smallest absolute Gasteiger partial charge is 0.408 e. The molecule has 5 nitrogen and oxygen atoms in total. The number of amides is 1. The molecule has 1 heterocycles. The molecule has 0 spiro atoms. The van der Waals surface area contributed by atoms with E-state index in [1.54, 1.807) is 20.8 Å². The zero-order chi connectivity index (χ0) is 14.4. The molecule has 18 heavy (non-hydrogen) atoms. The summed E-state index contributed by atoms with van der Waals surface area (Å²) in [5.41, 5.74) is -2.62. The number of hydrogen-bond acceptors (Lipinski definition) is 2. The molecule has 1 aliphatic heterocycles. The Bertz CT molecular complexity index is 378. The third kappa shape index (κ3) is 2.70. The Balaban J connectivity index is 3.23. The lowest BCUT2D eigenvalue weighted by molar-refractivity contribution is -0.151. The molecule has 7 heteroatoms. The van der Waals surface area contributed by atoms with Crippen LogP contribution in [0.5, 0.6) is 0 Å². The van der Waals surface area contributed by atoms with Crippen molar-refractivity contribution in [1.29, 1.82) is 0 Å². The number of halogens is 2. The third-order valence-electron chi connectivity index (χ3n) is 2.91. The van der Waals surface area contributed by atoms with Crippen molar-refractivity contribution in [3.63, 3.8) is 0 Å². The molecule has 0 unspecified atom stereocenters. The first kappa shape index (κ1) is 14.7. The number of rotatable bonds is 2. The first-order valence-electron chi connectivity index (χ1n) is 5.51. The molecule has 0 aromatic carbocycles. The summed E-state index contributed by atoms with van der Waals surface area (Å²) < 4.78 is 26.8. The van der Waals surface area contributed by atoms with Gasteiger partial charge in [-0.1, -0.05) is 20.8 Å². The number of hydrogen-bond donors (Lipinski definition) is 2. The van der Waals surface area contributed by atoms with Crippen LogP contribution < -0.4 is 0 Å². The number of alkyl halides is 2. The monoisotopic (exact) mass is 265 g/mol. The fourth-order valence-corrected chi connectivity index (χ4v) is 2.51. The average Bonchev–Trinajstić information content (AvgIpc) is 2.35. The zero-order valence-corrected chi connectivity index (χ0v) is 10.5. The molecule has 0 saturated carbocycles. The topological polar surface area (TPSA) is 77.8 Å². The largest absolute Gasteiger partial charge is 0.479 e. The maximum Gasteiger partial charge on any atom is 0.408 e. The van der Waals surface area contributed by atoms with Gasteiger partial charge in [0.2, 0.25) is 0 Å². The maximum absolute atomic E-state index is 13.4. The summed E-state index contributed by atoms with van der Waals surface area (Å²) in [5.74, 6) is -4.82. The number of nitrogens with zero attached hydrogens (tertiary/aromatic N) is 1. The van der Waals surface area contributed by atoms with E-state index in [2.05, 4.69) is 0 Å². The molecule has 2 N–H and O–H groups in total. The van der Waals surface area contributed by atoms with Gasteiger partial charge in [0.15, 0.2) is 0 Å². The van der Waals surface area contributed by atoms with Crippen LogP contribution in [0.25, 0.3) is 0 Å². The lowest BCUT2D eigenvalue weighted by Gasteiger charge is -2.36. The zero-order valence-electron chi connectivity index (χ0n) is 10.5. The molecule has 1 saturated heterocycles. The Hall–Kier alpha value is -1.40. The van der Waals surface area contributed by atoms with Gasteiger partial charge in [-0.25, -0.2) is 18.4 Å². The molecule has 1 atom stereocenters. The van der Waals surface area contributed by atoms with Crippen molar-refractivity contribution >= 4 is 12.1 Å². The highest BCUT2D eigenvalue weighted by Gasteiger charge is 2.62. The van der Waals surface area contributed by atoms with Crippen molar-refractivity contribution < 1.29 is 28.6 Å². The predicted molar refractivity (Wildman–Crippen MR) is 58.7 cm³/mol. The highest BCUT2D eigenvalue weighted by Crippen LogP contribution is 2.45. The van der Waals surface area contributed by atoms with Crippen LogP contribution in [0.2, 0.25) is 0 Å². The van der Waals surface area contributed by atoms with Crippen LogP contribution in [-0.2, 0) is 4.79 Å². The molecule has 0 radical (unpaired) electrons. The SMILES string of the molecule is CC(C)(C)C[C@@]1(C(=O)O)CC(F)(F)CN1C(=O)O. The van der Waals surface area contributed by atoms with E-state index in [1.807, 2.05) is 0 Å². The van der Waals surface area contributed by atoms with E-state index >= 15 is 0 Å². The van der Waals surface area contributed by atoms with Crippen LogP contribution in [0, 0.1) is 5.41 Å². The summed E-state index contributed by atoms with van der Waals surface area (Å²) in [5, 5.41) is 18.2. The van der Waals surface area contributed by atoms with Gasteiger partial charge in [0.25, 0.3) is 5.92 Å². The molecule has 0 aliphatic carbocycles. The molecule has 1 amide bonds. The summed E-state index contributed by atoms with van der Waals surface area (Å²) in [4.78, 5) is 22.8. The van der Waals surface area contributed by atoms with Gasteiger partial charge in [-0.15, -0.1) is 0 Å². The Kier molecular flexibility index (Phi) is 3.31. The van der Waals surface area contributed by atoms with Crippen molar-refractivity contribution in [1.82, 2.24) is 4.90 Å². The number of carboxylic acids is 1. The molecular formula is C11H17F2NO4. The van der Waals surface area contributed by atoms with E-state index < -0.39 is 41.9 Å². The van der Waals surface area contributed by atoms with E-state index in [0.717, 1.165) is 0 Å². The van der Waals surface area contributed by atoms with Crippen molar-refractivity contribution in [2.45, 2.75) is 45.1 Å². The second-order valence-electron chi connectivity index (χ2n) is 5.98. The molecule has 0 aromatic rings. The van der Waals surface area contributed by atoms with Crippen molar-refractivity contribution in [2.75, 3.05) is 6.54 Å². The second kappa shape index (κ2) is 4.07. The van der Waals surface area contributed by atoms with Gasteiger partial charge in [0, 0.05) is 6.42 Å². The molecule has 1 rings (SSSR count). The summed E-state index contributed by atoms with van der Waals surface area (Å²) >= 11 is 0. The Morgan fingerprint density at radius 1 is 1.28 bits per heavy atom. The summed E-state index contributed by atoms with van der Waals surface area (Å²) in [6, 6.07) is 0. The summed E-state index contributed by atoms with van der Waals surface area (Å²) in [6.07, 6.45) is -2.75. The van der Waals surface area contributed by atoms with Crippen LogP contribution in [0.15, 0.2) is 0 Å². The minimum absolute atomic E-state index is 0.156. The quantitative estimate of drug-likeness (QED) is 0.802. The predicted octanol–water partition coefficient (Wildman–Crippen LogP) is 2.27. The minimum Gasteiger partial charge on any atom is -0.479 e. The first-order chi connectivity index (χ1) is 7.90. The van der Waals surface area contributed by atoms with E-state index in [4.69, 9.17) is 5.11 Å². The molecule has 1 aliphatic rings. The maximum atomic E-state index is 13.4. The highest BCUT2D eigenvalue weighted by molar-refractivity contribution is 5.85. The van der Waals surface area contributed by atoms with Gasteiger partial charge in [-0.2, -0.15) is 0 Å². The van der Waals surface area contributed by atoms with Crippen molar-refractivity contribution in [2.24, 2.45) is 5.41 Å². The highest BCUT2D eigenvalue weighted by atomic mass is 19.3. The number of carboxylic acid groups (broad SMARTS) is 2. The van der Waals surface area contributed by atoms with E-state index in [9.17, 15) is 23.5 Å². The Morgan fingerprint density at radius 3 is 2.11 bits per heavy atom.